The molecule has 0 radical (unpaired) electrons. The molecule has 0 N–H and O–H groups in total. The third-order valence-electron chi connectivity index (χ3n) is 1.53. The quantitative estimate of drug-likeness (QED) is 0.604. The Bertz CT molecular complexity index is 181. The molecule has 68 valence electrons. The average Bonchev–Trinajstić information content (AvgIpc) is 2.03. The van der Waals surface area contributed by atoms with Gasteiger partial charge < -0.3 is 4.74 Å². The molecular weight excluding hydrogens is 154 g/mol. The van der Waals surface area contributed by atoms with Crippen molar-refractivity contribution in [3.63, 3.8) is 0 Å². The van der Waals surface area contributed by atoms with Crippen LogP contribution >= 0.6 is 0 Å². The van der Waals surface area contributed by atoms with Crippen LogP contribution in [0.3, 0.4) is 0 Å². The van der Waals surface area contributed by atoms with Gasteiger partial charge in [0.2, 0.25) is 0 Å². The fraction of sp³-hybridized carbons (Fsp3) is 0.778. The van der Waals surface area contributed by atoms with Gasteiger partial charge in [0.05, 0.1) is 18.4 Å². The Morgan fingerprint density at radius 2 is 2.17 bits per heavy atom. The van der Waals surface area contributed by atoms with Gasteiger partial charge in [-0.05, 0) is 6.42 Å². The van der Waals surface area contributed by atoms with Crippen molar-refractivity contribution >= 4 is 5.97 Å². The summed E-state index contributed by atoms with van der Waals surface area (Å²) in [6, 6.07) is 1.99. The minimum absolute atomic E-state index is 0.113. The lowest BCUT2D eigenvalue weighted by Crippen LogP contribution is -2.20. The van der Waals surface area contributed by atoms with Crippen molar-refractivity contribution in [2.75, 3.05) is 0 Å². The molecule has 0 aliphatic rings. The van der Waals surface area contributed by atoms with Crippen LogP contribution in [0, 0.1) is 17.2 Å². The van der Waals surface area contributed by atoms with Crippen molar-refractivity contribution in [3.8, 4) is 6.07 Å². The van der Waals surface area contributed by atoms with E-state index in [0.29, 0.717) is 6.42 Å². The molecule has 0 aromatic heterocycles. The van der Waals surface area contributed by atoms with E-state index in [2.05, 4.69) is 0 Å². The van der Waals surface area contributed by atoms with E-state index in [0.717, 1.165) is 0 Å². The fourth-order valence-electron chi connectivity index (χ4n) is 0.672. The highest BCUT2D eigenvalue weighted by Gasteiger charge is 2.14. The summed E-state index contributed by atoms with van der Waals surface area (Å²) in [5, 5.41) is 8.38. The molecule has 0 fully saturated rings. The maximum absolute atomic E-state index is 11.1. The third kappa shape index (κ3) is 3.97. The van der Waals surface area contributed by atoms with E-state index in [1.807, 2.05) is 13.0 Å². The molecule has 0 rings (SSSR count). The number of carbonyl (C=O) groups excluding carboxylic acids is 1. The molecule has 0 spiro atoms. The van der Waals surface area contributed by atoms with E-state index >= 15 is 0 Å². The first-order chi connectivity index (χ1) is 5.61. The van der Waals surface area contributed by atoms with Crippen LogP contribution < -0.4 is 0 Å². The number of carbonyl (C=O) groups is 1. The van der Waals surface area contributed by atoms with Crippen LogP contribution in [0.25, 0.3) is 0 Å². The second-order valence-corrected chi connectivity index (χ2v) is 2.98. The molecule has 0 aliphatic carbocycles. The molecule has 0 bridgehead atoms. The predicted octanol–water partition coefficient (Wildman–Crippen LogP) is 1.88. The highest BCUT2D eigenvalue weighted by atomic mass is 16.5. The Hall–Kier alpha value is -1.04. The first kappa shape index (κ1) is 11.0. The summed E-state index contributed by atoms with van der Waals surface area (Å²) in [5.74, 6) is -0.338. The Labute approximate surface area is 73.3 Å². The molecule has 3 nitrogen and oxygen atoms in total. The van der Waals surface area contributed by atoms with Gasteiger partial charge in [-0.2, -0.15) is 5.26 Å². The van der Waals surface area contributed by atoms with Gasteiger partial charge >= 0.3 is 5.97 Å². The van der Waals surface area contributed by atoms with Gasteiger partial charge in [0.1, 0.15) is 6.10 Å². The summed E-state index contributed by atoms with van der Waals surface area (Å²) >= 11 is 0. The lowest BCUT2D eigenvalue weighted by Gasteiger charge is -2.14. The Balaban J connectivity index is 3.87. The van der Waals surface area contributed by atoms with E-state index in [4.69, 9.17) is 10.00 Å². The highest BCUT2D eigenvalue weighted by Crippen LogP contribution is 2.06. The molecule has 0 heterocycles. The van der Waals surface area contributed by atoms with Crippen molar-refractivity contribution in [3.05, 3.63) is 0 Å². The first-order valence-corrected chi connectivity index (χ1v) is 4.19. The van der Waals surface area contributed by atoms with Crippen LogP contribution in [0.4, 0.5) is 0 Å². The standard InChI is InChI=1S/C9H15NO2/c1-4-8(5-6-10)12-9(11)7(2)3/h7-8H,4-5H2,1-3H3. The van der Waals surface area contributed by atoms with Crippen LogP contribution in [0.5, 0.6) is 0 Å². The van der Waals surface area contributed by atoms with Crippen molar-refractivity contribution in [1.29, 1.82) is 5.26 Å². The lowest BCUT2D eigenvalue weighted by atomic mass is 10.2. The maximum Gasteiger partial charge on any atom is 0.308 e. The first-order valence-electron chi connectivity index (χ1n) is 4.19. The number of hydrogen-bond acceptors (Lipinski definition) is 3. The van der Waals surface area contributed by atoms with Crippen molar-refractivity contribution in [2.45, 2.75) is 39.7 Å². The van der Waals surface area contributed by atoms with E-state index in [9.17, 15) is 4.79 Å². The zero-order valence-electron chi connectivity index (χ0n) is 7.83. The molecule has 12 heavy (non-hydrogen) atoms. The SMILES string of the molecule is CCC(CC#N)OC(=O)C(C)C. The number of ether oxygens (including phenoxy) is 1. The zero-order chi connectivity index (χ0) is 9.56. The van der Waals surface area contributed by atoms with Crippen LogP contribution in [-0.2, 0) is 9.53 Å². The molecule has 1 atom stereocenters. The van der Waals surface area contributed by atoms with Crippen LogP contribution in [-0.4, -0.2) is 12.1 Å². The van der Waals surface area contributed by atoms with Crippen LogP contribution in [0.15, 0.2) is 0 Å². The van der Waals surface area contributed by atoms with E-state index in [-0.39, 0.29) is 24.4 Å². The second-order valence-electron chi connectivity index (χ2n) is 2.98. The average molecular weight is 169 g/mol. The summed E-state index contributed by atoms with van der Waals surface area (Å²) in [6.45, 7) is 5.46. The highest BCUT2D eigenvalue weighted by molar-refractivity contribution is 5.71. The van der Waals surface area contributed by atoms with E-state index < -0.39 is 0 Å². The molecule has 0 aromatic carbocycles. The van der Waals surface area contributed by atoms with Gasteiger partial charge in [0, 0.05) is 0 Å². The Morgan fingerprint density at radius 1 is 1.58 bits per heavy atom. The molecule has 1 unspecified atom stereocenters. The second kappa shape index (κ2) is 5.59. The van der Waals surface area contributed by atoms with Gasteiger partial charge in [-0.15, -0.1) is 0 Å². The Morgan fingerprint density at radius 3 is 2.50 bits per heavy atom. The van der Waals surface area contributed by atoms with E-state index in [1.165, 1.54) is 0 Å². The summed E-state index contributed by atoms with van der Waals surface area (Å²) in [6.07, 6.45) is 0.756. The largest absolute Gasteiger partial charge is 0.461 e. The smallest absolute Gasteiger partial charge is 0.308 e. The molecule has 0 aromatic rings. The molecule has 0 saturated carbocycles. The molecular formula is C9H15NO2. The fourth-order valence-corrected chi connectivity index (χ4v) is 0.672. The van der Waals surface area contributed by atoms with Crippen LogP contribution in [0.2, 0.25) is 0 Å². The van der Waals surface area contributed by atoms with E-state index in [1.54, 1.807) is 13.8 Å². The van der Waals surface area contributed by atoms with Gasteiger partial charge in [0.25, 0.3) is 0 Å². The number of nitriles is 1. The molecule has 0 saturated heterocycles. The van der Waals surface area contributed by atoms with Crippen molar-refractivity contribution < 1.29 is 9.53 Å². The Kier molecular flexibility index (Phi) is 5.11. The van der Waals surface area contributed by atoms with Gasteiger partial charge in [-0.25, -0.2) is 0 Å². The van der Waals surface area contributed by atoms with Crippen molar-refractivity contribution in [1.82, 2.24) is 0 Å². The molecule has 0 aliphatic heterocycles. The van der Waals surface area contributed by atoms with Gasteiger partial charge in [-0.1, -0.05) is 20.8 Å². The number of nitrogens with zero attached hydrogens (tertiary/aromatic N) is 1. The monoisotopic (exact) mass is 169 g/mol. The topological polar surface area (TPSA) is 50.1 Å². The number of esters is 1. The minimum Gasteiger partial charge on any atom is -0.461 e. The van der Waals surface area contributed by atoms with Crippen molar-refractivity contribution in [2.24, 2.45) is 5.92 Å². The number of rotatable bonds is 4. The molecule has 0 amide bonds. The summed E-state index contributed by atoms with van der Waals surface area (Å²) < 4.78 is 5.04. The maximum atomic E-state index is 11.1. The lowest BCUT2D eigenvalue weighted by molar-refractivity contribution is -0.152. The normalized spacial score (nSPS) is 12.2. The number of hydrogen-bond donors (Lipinski definition) is 0. The van der Waals surface area contributed by atoms with Gasteiger partial charge in [-0.3, -0.25) is 4.79 Å². The summed E-state index contributed by atoms with van der Waals surface area (Å²) in [4.78, 5) is 11.1. The molecule has 3 heteroatoms. The van der Waals surface area contributed by atoms with Gasteiger partial charge in [0.15, 0.2) is 0 Å². The summed E-state index contributed by atoms with van der Waals surface area (Å²) in [7, 11) is 0. The minimum atomic E-state index is -0.232. The summed E-state index contributed by atoms with van der Waals surface area (Å²) in [5.41, 5.74) is 0. The zero-order valence-corrected chi connectivity index (χ0v) is 7.83. The third-order valence-corrected chi connectivity index (χ3v) is 1.53. The van der Waals surface area contributed by atoms with Crippen LogP contribution in [0.1, 0.15) is 33.6 Å². The predicted molar refractivity (Wildman–Crippen MR) is 45.2 cm³/mol.